The van der Waals surface area contributed by atoms with Gasteiger partial charge in [0.05, 0.1) is 11.5 Å². The van der Waals surface area contributed by atoms with Crippen molar-refractivity contribution in [3.63, 3.8) is 0 Å². The molecule has 1 aromatic rings. The normalized spacial score (nSPS) is 12.0. The van der Waals surface area contributed by atoms with Crippen molar-refractivity contribution in [3.8, 4) is 0 Å². The van der Waals surface area contributed by atoms with Crippen molar-refractivity contribution in [3.05, 3.63) is 28.8 Å². The highest BCUT2D eigenvalue weighted by Gasteiger charge is 2.21. The molecule has 0 radical (unpaired) electrons. The van der Waals surface area contributed by atoms with Crippen LogP contribution in [0.1, 0.15) is 18.9 Å². The van der Waals surface area contributed by atoms with Gasteiger partial charge < -0.3 is 10.1 Å². The topological polar surface area (TPSA) is 58.6 Å². The molecule has 0 amide bonds. The molecule has 0 heterocycles. The molecule has 0 aromatic heterocycles. The van der Waals surface area contributed by atoms with Gasteiger partial charge in [-0.1, -0.05) is 18.5 Å². The van der Waals surface area contributed by atoms with Crippen molar-refractivity contribution < 1.29 is 13.2 Å². The van der Waals surface area contributed by atoms with E-state index in [1.54, 1.807) is 19.2 Å². The van der Waals surface area contributed by atoms with Gasteiger partial charge in [-0.25, -0.2) is 8.42 Å². The molecule has 0 spiro atoms. The van der Waals surface area contributed by atoms with Gasteiger partial charge in [0.2, 0.25) is 10.0 Å². The molecule has 0 aliphatic rings. The van der Waals surface area contributed by atoms with Crippen LogP contribution < -0.4 is 5.32 Å². The first kappa shape index (κ1) is 18.4. The van der Waals surface area contributed by atoms with E-state index in [1.807, 2.05) is 0 Å². The maximum Gasteiger partial charge on any atom is 0.242 e. The van der Waals surface area contributed by atoms with Crippen LogP contribution in [0.3, 0.4) is 0 Å². The minimum Gasteiger partial charge on any atom is -0.383 e. The SMILES string of the molecule is CCCNCc1cc(S(=O)(=O)N(C)CCOC)ccc1Cl. The Balaban J connectivity index is 2.94. The number of benzene rings is 1. The number of likely N-dealkylation sites (N-methyl/N-ethyl adjacent to an activating group) is 1. The van der Waals surface area contributed by atoms with Crippen LogP contribution in [0, 0.1) is 0 Å². The Morgan fingerprint density at radius 3 is 2.71 bits per heavy atom. The molecular weight excluding hydrogens is 312 g/mol. The Morgan fingerprint density at radius 1 is 1.38 bits per heavy atom. The Bertz CT molecular complexity index is 549. The molecular formula is C14H23ClN2O3S. The first-order valence-corrected chi connectivity index (χ1v) is 8.69. The van der Waals surface area contributed by atoms with Crippen LogP contribution >= 0.6 is 11.6 Å². The zero-order valence-electron chi connectivity index (χ0n) is 12.7. The van der Waals surface area contributed by atoms with E-state index in [0.29, 0.717) is 24.7 Å². The van der Waals surface area contributed by atoms with Gasteiger partial charge in [0.15, 0.2) is 0 Å². The van der Waals surface area contributed by atoms with Gasteiger partial charge in [-0.05, 0) is 36.7 Å². The summed E-state index contributed by atoms with van der Waals surface area (Å²) >= 11 is 6.12. The molecule has 1 rings (SSSR count). The van der Waals surface area contributed by atoms with Gasteiger partial charge in [0.25, 0.3) is 0 Å². The summed E-state index contributed by atoms with van der Waals surface area (Å²) in [5, 5.41) is 3.79. The molecule has 0 aliphatic heterocycles. The third-order valence-electron chi connectivity index (χ3n) is 3.08. The van der Waals surface area contributed by atoms with Crippen LogP contribution in [0.4, 0.5) is 0 Å². The zero-order valence-corrected chi connectivity index (χ0v) is 14.3. The van der Waals surface area contributed by atoms with Gasteiger partial charge in [-0.15, -0.1) is 0 Å². The highest BCUT2D eigenvalue weighted by molar-refractivity contribution is 7.89. The smallest absolute Gasteiger partial charge is 0.242 e. The minimum atomic E-state index is -3.51. The molecule has 0 atom stereocenters. The fraction of sp³-hybridized carbons (Fsp3) is 0.571. The summed E-state index contributed by atoms with van der Waals surface area (Å²) in [5.74, 6) is 0. The molecule has 0 aliphatic carbocycles. The van der Waals surface area contributed by atoms with Crippen molar-refractivity contribution in [2.24, 2.45) is 0 Å². The van der Waals surface area contributed by atoms with E-state index in [0.717, 1.165) is 18.5 Å². The second-order valence-corrected chi connectivity index (χ2v) is 7.20. The molecule has 0 saturated carbocycles. The predicted molar refractivity (Wildman–Crippen MR) is 85.1 cm³/mol. The van der Waals surface area contributed by atoms with Crippen molar-refractivity contribution in [1.82, 2.24) is 9.62 Å². The molecule has 21 heavy (non-hydrogen) atoms. The highest BCUT2D eigenvalue weighted by Crippen LogP contribution is 2.22. The summed E-state index contributed by atoms with van der Waals surface area (Å²) < 4.78 is 31.1. The van der Waals surface area contributed by atoms with Crippen LogP contribution in [0.2, 0.25) is 5.02 Å². The van der Waals surface area contributed by atoms with Crippen molar-refractivity contribution in [2.75, 3.05) is 33.9 Å². The summed E-state index contributed by atoms with van der Waals surface area (Å²) in [7, 11) is -0.433. The number of hydrogen-bond acceptors (Lipinski definition) is 4. The molecule has 1 aromatic carbocycles. The number of halogens is 1. The number of ether oxygens (including phenoxy) is 1. The highest BCUT2D eigenvalue weighted by atomic mass is 35.5. The lowest BCUT2D eigenvalue weighted by Crippen LogP contribution is -2.30. The molecule has 1 N–H and O–H groups in total. The Morgan fingerprint density at radius 2 is 2.10 bits per heavy atom. The number of methoxy groups -OCH3 is 1. The molecule has 0 unspecified atom stereocenters. The Hall–Kier alpha value is -0.660. The molecule has 0 fully saturated rings. The van der Waals surface area contributed by atoms with Crippen LogP contribution in [-0.2, 0) is 21.3 Å². The predicted octanol–water partition coefficient (Wildman–Crippen LogP) is 2.11. The van der Waals surface area contributed by atoms with Gasteiger partial charge in [-0.3, -0.25) is 0 Å². The fourth-order valence-corrected chi connectivity index (χ4v) is 3.16. The largest absolute Gasteiger partial charge is 0.383 e. The monoisotopic (exact) mass is 334 g/mol. The standard InChI is InChI=1S/C14H23ClN2O3S/c1-4-7-16-11-12-10-13(5-6-14(12)15)21(18,19)17(2)8-9-20-3/h5-6,10,16H,4,7-9,11H2,1-3H3. The van der Waals surface area contributed by atoms with Crippen LogP contribution in [0.25, 0.3) is 0 Å². The number of rotatable bonds is 9. The number of nitrogens with one attached hydrogen (secondary N) is 1. The van der Waals surface area contributed by atoms with Gasteiger partial charge in [0, 0.05) is 32.3 Å². The maximum atomic E-state index is 12.4. The molecule has 120 valence electrons. The average molecular weight is 335 g/mol. The van der Waals surface area contributed by atoms with E-state index < -0.39 is 10.0 Å². The summed E-state index contributed by atoms with van der Waals surface area (Å²) in [6.07, 6.45) is 1.01. The fourth-order valence-electron chi connectivity index (χ4n) is 1.77. The zero-order chi connectivity index (χ0) is 15.9. The summed E-state index contributed by atoms with van der Waals surface area (Å²) in [5.41, 5.74) is 0.784. The lowest BCUT2D eigenvalue weighted by molar-refractivity contribution is 0.185. The van der Waals surface area contributed by atoms with Gasteiger partial charge >= 0.3 is 0 Å². The average Bonchev–Trinajstić information content (AvgIpc) is 2.46. The van der Waals surface area contributed by atoms with Gasteiger partial charge in [0.1, 0.15) is 0 Å². The maximum absolute atomic E-state index is 12.4. The third kappa shape index (κ3) is 5.23. The van der Waals surface area contributed by atoms with Crippen molar-refractivity contribution in [1.29, 1.82) is 0 Å². The van der Waals surface area contributed by atoms with E-state index >= 15 is 0 Å². The first-order valence-electron chi connectivity index (χ1n) is 6.88. The summed E-state index contributed by atoms with van der Waals surface area (Å²) in [6.45, 7) is 4.15. The van der Waals surface area contributed by atoms with E-state index in [2.05, 4.69) is 12.2 Å². The quantitative estimate of drug-likeness (QED) is 0.703. The van der Waals surface area contributed by atoms with Crippen LogP contribution in [0.5, 0.6) is 0 Å². The first-order chi connectivity index (χ1) is 9.93. The van der Waals surface area contributed by atoms with E-state index in [1.165, 1.54) is 17.4 Å². The Kier molecular flexibility index (Phi) is 7.62. The molecule has 0 bridgehead atoms. The van der Waals surface area contributed by atoms with Gasteiger partial charge in [-0.2, -0.15) is 4.31 Å². The molecule has 0 saturated heterocycles. The number of nitrogens with zero attached hydrogens (tertiary/aromatic N) is 1. The summed E-state index contributed by atoms with van der Waals surface area (Å²) in [4.78, 5) is 0.249. The molecule has 5 nitrogen and oxygen atoms in total. The second kappa shape index (κ2) is 8.70. The second-order valence-electron chi connectivity index (χ2n) is 4.75. The van der Waals surface area contributed by atoms with Crippen molar-refractivity contribution in [2.45, 2.75) is 24.8 Å². The Labute approximate surface area is 132 Å². The minimum absolute atomic E-state index is 0.249. The van der Waals surface area contributed by atoms with Crippen LogP contribution in [-0.4, -0.2) is 46.6 Å². The third-order valence-corrected chi connectivity index (χ3v) is 5.30. The number of sulfonamides is 1. The lowest BCUT2D eigenvalue weighted by atomic mass is 10.2. The van der Waals surface area contributed by atoms with E-state index in [-0.39, 0.29) is 4.90 Å². The van der Waals surface area contributed by atoms with Crippen LogP contribution in [0.15, 0.2) is 23.1 Å². The lowest BCUT2D eigenvalue weighted by Gasteiger charge is -2.17. The van der Waals surface area contributed by atoms with E-state index in [9.17, 15) is 8.42 Å². The van der Waals surface area contributed by atoms with Crippen molar-refractivity contribution >= 4 is 21.6 Å². The number of hydrogen-bond donors (Lipinski definition) is 1. The van der Waals surface area contributed by atoms with E-state index in [4.69, 9.17) is 16.3 Å². The molecule has 7 heteroatoms. The summed E-state index contributed by atoms with van der Waals surface area (Å²) in [6, 6.07) is 4.79.